The van der Waals surface area contributed by atoms with E-state index in [9.17, 15) is 0 Å². The lowest BCUT2D eigenvalue weighted by molar-refractivity contribution is -0.0140. The van der Waals surface area contributed by atoms with Gasteiger partial charge in [0.2, 0.25) is 0 Å². The van der Waals surface area contributed by atoms with Crippen molar-refractivity contribution in [1.82, 2.24) is 0 Å². The largest absolute Gasteiger partial charge is 0.450 e. The Hall–Kier alpha value is -1.24. The van der Waals surface area contributed by atoms with Crippen LogP contribution in [0.2, 0.25) is 0 Å². The topological polar surface area (TPSA) is 18.5 Å². The summed E-state index contributed by atoms with van der Waals surface area (Å²) >= 11 is 0. The third-order valence-corrected chi connectivity index (χ3v) is 2.36. The van der Waals surface area contributed by atoms with Gasteiger partial charge in [-0.1, -0.05) is 36.4 Å². The van der Waals surface area contributed by atoms with E-state index in [0.29, 0.717) is 0 Å². The van der Waals surface area contributed by atoms with E-state index in [1.807, 2.05) is 67.6 Å². The van der Waals surface area contributed by atoms with Crippen molar-refractivity contribution >= 4 is 21.6 Å². The van der Waals surface area contributed by atoms with Gasteiger partial charge in [0.15, 0.2) is 0 Å². The normalized spacial score (nSPS) is 10.3. The van der Waals surface area contributed by atoms with Gasteiger partial charge in [-0.05, 0) is 33.5 Å². The van der Waals surface area contributed by atoms with E-state index in [4.69, 9.17) is 9.47 Å². The first-order valence-corrected chi connectivity index (χ1v) is 6.00. The molecule has 0 aliphatic carbocycles. The second-order valence-corrected chi connectivity index (χ2v) is 4.89. The number of hydrogen-bond donors (Lipinski definition) is 0. The van der Waals surface area contributed by atoms with Crippen LogP contribution in [-0.4, -0.2) is 5.53 Å². The smallest absolute Gasteiger partial charge is 0.259 e. The molecule has 0 N–H and O–H groups in total. The van der Waals surface area contributed by atoms with Crippen LogP contribution in [0.5, 0.6) is 11.5 Å². The number of benzene rings is 2. The minimum absolute atomic E-state index is 0. The first kappa shape index (κ1) is 14.8. The van der Waals surface area contributed by atoms with Crippen LogP contribution in [0.25, 0.3) is 0 Å². The maximum Gasteiger partial charge on any atom is 0.259 e. The van der Waals surface area contributed by atoms with Crippen molar-refractivity contribution in [3.05, 3.63) is 60.7 Å². The highest BCUT2D eigenvalue weighted by Crippen LogP contribution is 2.27. The highest BCUT2D eigenvalue weighted by molar-refractivity contribution is 7.18. The van der Waals surface area contributed by atoms with Gasteiger partial charge in [0.05, 0.1) is 0 Å². The quantitative estimate of drug-likeness (QED) is 0.620. The summed E-state index contributed by atoms with van der Waals surface area (Å²) in [6.45, 7) is 1.86. The summed E-state index contributed by atoms with van der Waals surface area (Å²) in [7, 11) is 2.57. The van der Waals surface area contributed by atoms with Crippen LogP contribution in [0, 0.1) is 0 Å². The molecule has 2 rings (SSSR count). The first-order chi connectivity index (χ1) is 8.16. The van der Waals surface area contributed by atoms with E-state index in [0.717, 1.165) is 11.5 Å². The fourth-order valence-electron chi connectivity index (χ4n) is 1.47. The molecule has 0 spiro atoms. The summed E-state index contributed by atoms with van der Waals surface area (Å²) in [4.78, 5) is 0. The Labute approximate surface area is 116 Å². The molecule has 0 aromatic heterocycles. The average Bonchev–Trinajstić information content (AvgIpc) is 2.30. The molecule has 2 aromatic carbocycles. The van der Waals surface area contributed by atoms with Crippen molar-refractivity contribution in [3.8, 4) is 11.5 Å². The minimum atomic E-state index is -0.775. The lowest BCUT2D eigenvalue weighted by Gasteiger charge is -2.27. The van der Waals surface area contributed by atoms with Gasteiger partial charge < -0.3 is 9.47 Å². The Bertz CT molecular complexity index is 416. The Morgan fingerprint density at radius 2 is 1.11 bits per heavy atom. The van der Waals surface area contributed by atoms with Gasteiger partial charge in [-0.25, -0.2) is 0 Å². The molecule has 1 atom stereocenters. The Morgan fingerprint density at radius 1 is 0.778 bits per heavy atom. The van der Waals surface area contributed by atoms with Crippen LogP contribution in [0.3, 0.4) is 0 Å². The van der Waals surface area contributed by atoms with E-state index in [1.54, 1.807) is 0 Å². The maximum atomic E-state index is 5.75. The van der Waals surface area contributed by atoms with Crippen molar-refractivity contribution in [3.63, 3.8) is 0 Å². The van der Waals surface area contributed by atoms with E-state index in [2.05, 4.69) is 9.24 Å². The molecule has 0 heterocycles. The molecule has 0 amide bonds. The summed E-state index contributed by atoms with van der Waals surface area (Å²) in [5, 5.41) is 0. The predicted molar refractivity (Wildman–Crippen MR) is 79.5 cm³/mol. The van der Waals surface area contributed by atoms with Crippen LogP contribution in [0.1, 0.15) is 6.92 Å². The van der Waals surface area contributed by atoms with Crippen molar-refractivity contribution in [2.24, 2.45) is 0 Å². The summed E-state index contributed by atoms with van der Waals surface area (Å²) in [6.07, 6.45) is 0. The number of hydrogen-bond acceptors (Lipinski definition) is 2. The molecule has 0 aliphatic heterocycles. The molecule has 96 valence electrons. The van der Waals surface area contributed by atoms with Crippen LogP contribution < -0.4 is 9.47 Å². The lowest BCUT2D eigenvalue weighted by Crippen LogP contribution is -2.31. The lowest BCUT2D eigenvalue weighted by atomic mass is 10.3. The van der Waals surface area contributed by atoms with Crippen molar-refractivity contribution in [2.75, 3.05) is 0 Å². The number of halogens is 1. The molecule has 1 unspecified atom stereocenters. The number of para-hydroxylation sites is 2. The van der Waals surface area contributed by atoms with Crippen LogP contribution in [0.15, 0.2) is 60.7 Å². The molecule has 0 bridgehead atoms. The summed E-state index contributed by atoms with van der Waals surface area (Å²) in [5.41, 5.74) is -0.775. The Morgan fingerprint density at radius 3 is 1.44 bits per heavy atom. The van der Waals surface area contributed by atoms with Crippen molar-refractivity contribution in [1.29, 1.82) is 0 Å². The molecule has 0 saturated carbocycles. The van der Waals surface area contributed by atoms with Gasteiger partial charge in [0, 0.05) is 6.92 Å². The molecular weight excluding hydrogens is 267 g/mol. The predicted octanol–water partition coefficient (Wildman–Crippen LogP) is 4.12. The Kier molecular flexibility index (Phi) is 5.46. The maximum absolute atomic E-state index is 5.75. The zero-order valence-electron chi connectivity index (χ0n) is 10.1. The molecule has 0 fully saturated rings. The van der Waals surface area contributed by atoms with Crippen molar-refractivity contribution < 1.29 is 9.47 Å². The molecule has 18 heavy (non-hydrogen) atoms. The fraction of sp³-hybridized carbons (Fsp3) is 0.143. The van der Waals surface area contributed by atoms with Crippen LogP contribution in [-0.2, 0) is 0 Å². The van der Waals surface area contributed by atoms with Gasteiger partial charge in [-0.3, -0.25) is 0 Å². The standard InChI is InChI=1S/C14H15O2P.ClH/c1-14(17,15-12-8-4-2-5-9-12)16-13-10-6-3-7-11-13;/h2-11H,17H2,1H3;1H. The number of ether oxygens (including phenoxy) is 2. The molecule has 0 radical (unpaired) electrons. The zero-order valence-corrected chi connectivity index (χ0v) is 12.0. The average molecular weight is 283 g/mol. The van der Waals surface area contributed by atoms with Crippen LogP contribution in [0.4, 0.5) is 0 Å². The third-order valence-electron chi connectivity index (χ3n) is 2.13. The molecule has 0 saturated heterocycles. The SMILES string of the molecule is CC(P)(Oc1ccccc1)Oc1ccccc1.Cl. The highest BCUT2D eigenvalue weighted by Gasteiger charge is 2.21. The molecule has 2 aromatic rings. The van der Waals surface area contributed by atoms with Gasteiger partial charge in [0.25, 0.3) is 5.53 Å². The van der Waals surface area contributed by atoms with E-state index in [1.165, 1.54) is 0 Å². The summed E-state index contributed by atoms with van der Waals surface area (Å²) in [6, 6.07) is 19.2. The molecule has 0 aliphatic rings. The Balaban J connectivity index is 0.00000162. The van der Waals surface area contributed by atoms with E-state index < -0.39 is 5.53 Å². The summed E-state index contributed by atoms with van der Waals surface area (Å²) < 4.78 is 11.5. The third kappa shape index (κ3) is 4.56. The molecular formula is C14H16ClO2P. The minimum Gasteiger partial charge on any atom is -0.450 e. The first-order valence-electron chi connectivity index (χ1n) is 5.43. The van der Waals surface area contributed by atoms with Gasteiger partial charge >= 0.3 is 0 Å². The number of rotatable bonds is 4. The zero-order chi connectivity index (χ0) is 12.1. The monoisotopic (exact) mass is 282 g/mol. The van der Waals surface area contributed by atoms with Gasteiger partial charge in [-0.2, -0.15) is 0 Å². The second-order valence-electron chi connectivity index (χ2n) is 3.85. The van der Waals surface area contributed by atoms with Crippen molar-refractivity contribution in [2.45, 2.75) is 12.5 Å². The van der Waals surface area contributed by atoms with Gasteiger partial charge in [-0.15, -0.1) is 12.4 Å². The van der Waals surface area contributed by atoms with E-state index in [-0.39, 0.29) is 12.4 Å². The molecule has 2 nitrogen and oxygen atoms in total. The molecule has 4 heteroatoms. The van der Waals surface area contributed by atoms with Gasteiger partial charge in [0.1, 0.15) is 11.5 Å². The highest BCUT2D eigenvalue weighted by atomic mass is 35.5. The van der Waals surface area contributed by atoms with Crippen LogP contribution >= 0.6 is 21.6 Å². The van der Waals surface area contributed by atoms with E-state index >= 15 is 0 Å². The fourth-order valence-corrected chi connectivity index (χ4v) is 1.74. The second kappa shape index (κ2) is 6.63. The summed E-state index contributed by atoms with van der Waals surface area (Å²) in [5.74, 6) is 1.56.